The molecule has 3 nitrogen and oxygen atoms in total. The monoisotopic (exact) mass is 318 g/mol. The maximum absolute atomic E-state index is 13.4. The van der Waals surface area contributed by atoms with Gasteiger partial charge >= 0.3 is 0 Å². The molecule has 0 aliphatic heterocycles. The first-order valence-corrected chi connectivity index (χ1v) is 7.79. The maximum Gasteiger partial charge on any atom is 0.265 e. The second-order valence-corrected chi connectivity index (χ2v) is 6.44. The van der Waals surface area contributed by atoms with Gasteiger partial charge in [0.25, 0.3) is 9.05 Å². The van der Waals surface area contributed by atoms with E-state index in [1.54, 1.807) is 6.07 Å². The highest BCUT2D eigenvalue weighted by atomic mass is 35.7. The summed E-state index contributed by atoms with van der Waals surface area (Å²) in [7, 11) is 1.04. The lowest BCUT2D eigenvalue weighted by Crippen LogP contribution is -2.02. The van der Waals surface area contributed by atoms with E-state index in [4.69, 9.17) is 15.4 Å². The zero-order chi connectivity index (χ0) is 14.8. The molecule has 2 rings (SSSR count). The highest BCUT2D eigenvalue weighted by Crippen LogP contribution is 2.28. The minimum atomic E-state index is -4.16. The largest absolute Gasteiger partial charge is 0.487 e. The highest BCUT2D eigenvalue weighted by molar-refractivity contribution is 8.13. The quantitative estimate of drug-likeness (QED) is 0.811. The van der Waals surface area contributed by atoms with Crippen LogP contribution in [0.5, 0.6) is 5.75 Å². The molecule has 0 heterocycles. The van der Waals surface area contributed by atoms with Crippen LogP contribution < -0.4 is 4.74 Å². The van der Waals surface area contributed by atoms with Gasteiger partial charge in [-0.3, -0.25) is 0 Å². The Morgan fingerprint density at radius 3 is 2.45 bits per heavy atom. The zero-order valence-electron chi connectivity index (χ0n) is 10.0. The zero-order valence-corrected chi connectivity index (χ0v) is 11.6. The first-order valence-electron chi connectivity index (χ1n) is 5.48. The Labute approximate surface area is 119 Å². The summed E-state index contributed by atoms with van der Waals surface area (Å²) >= 11 is 0. The van der Waals surface area contributed by atoms with Crippen molar-refractivity contribution in [2.75, 3.05) is 0 Å². The molecule has 0 bridgehead atoms. The van der Waals surface area contributed by atoms with Gasteiger partial charge in [0.1, 0.15) is 28.9 Å². The van der Waals surface area contributed by atoms with Gasteiger partial charge in [-0.05, 0) is 24.3 Å². The maximum atomic E-state index is 13.4. The van der Waals surface area contributed by atoms with Gasteiger partial charge in [0.05, 0.1) is 0 Å². The predicted molar refractivity (Wildman–Crippen MR) is 70.2 cm³/mol. The summed E-state index contributed by atoms with van der Waals surface area (Å²) in [6.45, 7) is -0.197. The van der Waals surface area contributed by atoms with Crippen molar-refractivity contribution in [3.63, 3.8) is 0 Å². The van der Waals surface area contributed by atoms with Crippen LogP contribution in [0.1, 0.15) is 5.56 Å². The molecule has 0 atom stereocenters. The second kappa shape index (κ2) is 5.76. The molecule has 2 aromatic carbocycles. The summed E-state index contributed by atoms with van der Waals surface area (Å²) in [5.41, 5.74) is 0.245. The van der Waals surface area contributed by atoms with Crippen molar-refractivity contribution in [2.24, 2.45) is 0 Å². The molecule has 0 amide bonds. The van der Waals surface area contributed by atoms with E-state index in [0.29, 0.717) is 0 Å². The third-order valence-electron chi connectivity index (χ3n) is 2.51. The van der Waals surface area contributed by atoms with Gasteiger partial charge in [0.15, 0.2) is 0 Å². The summed E-state index contributed by atoms with van der Waals surface area (Å²) in [6.07, 6.45) is 0. The van der Waals surface area contributed by atoms with Crippen LogP contribution in [0.15, 0.2) is 47.4 Å². The molecule has 2 aromatic rings. The van der Waals surface area contributed by atoms with E-state index in [1.165, 1.54) is 18.2 Å². The van der Waals surface area contributed by atoms with Gasteiger partial charge in [0, 0.05) is 16.2 Å². The fourth-order valence-corrected chi connectivity index (χ4v) is 2.55. The molecular weight excluding hydrogens is 310 g/mol. The lowest BCUT2D eigenvalue weighted by Gasteiger charge is -2.10. The van der Waals surface area contributed by atoms with Gasteiger partial charge < -0.3 is 4.74 Å². The topological polar surface area (TPSA) is 43.4 Å². The van der Waals surface area contributed by atoms with Crippen LogP contribution in [0.2, 0.25) is 0 Å². The summed E-state index contributed by atoms with van der Waals surface area (Å²) in [4.78, 5) is -0.490. The van der Waals surface area contributed by atoms with Crippen molar-refractivity contribution in [2.45, 2.75) is 11.5 Å². The van der Waals surface area contributed by atoms with E-state index in [-0.39, 0.29) is 17.9 Å². The van der Waals surface area contributed by atoms with Crippen molar-refractivity contribution >= 4 is 19.7 Å². The average molecular weight is 319 g/mol. The Morgan fingerprint density at radius 1 is 1.10 bits per heavy atom. The molecule has 0 saturated carbocycles. The normalized spacial score (nSPS) is 11.3. The summed E-state index contributed by atoms with van der Waals surface area (Å²) in [5.74, 6) is -1.38. The fraction of sp³-hybridized carbons (Fsp3) is 0.0769. The Kier molecular flexibility index (Phi) is 4.25. The van der Waals surface area contributed by atoms with Crippen molar-refractivity contribution in [1.82, 2.24) is 0 Å². The number of benzene rings is 2. The summed E-state index contributed by atoms with van der Waals surface area (Å²) < 4.78 is 54.3. The highest BCUT2D eigenvalue weighted by Gasteiger charge is 2.18. The van der Waals surface area contributed by atoms with Crippen molar-refractivity contribution in [3.8, 4) is 5.75 Å². The van der Waals surface area contributed by atoms with Gasteiger partial charge in [-0.25, -0.2) is 17.2 Å². The van der Waals surface area contributed by atoms with Crippen molar-refractivity contribution < 1.29 is 21.9 Å². The van der Waals surface area contributed by atoms with Gasteiger partial charge in [-0.1, -0.05) is 18.2 Å². The van der Waals surface area contributed by atoms with Crippen LogP contribution in [-0.4, -0.2) is 8.42 Å². The molecule has 0 aromatic heterocycles. The van der Waals surface area contributed by atoms with E-state index < -0.39 is 25.6 Å². The Balaban J connectivity index is 2.29. The third kappa shape index (κ3) is 3.46. The Bertz CT molecular complexity index is 732. The van der Waals surface area contributed by atoms with Crippen LogP contribution in [-0.2, 0) is 15.7 Å². The molecule has 0 radical (unpaired) electrons. The van der Waals surface area contributed by atoms with E-state index >= 15 is 0 Å². The molecule has 0 fully saturated rings. The van der Waals surface area contributed by atoms with Gasteiger partial charge in [0.2, 0.25) is 0 Å². The van der Waals surface area contributed by atoms with Crippen molar-refractivity contribution in [3.05, 3.63) is 59.7 Å². The minimum absolute atomic E-state index is 0.135. The standard InChI is InChI=1S/C13H9ClF2O3S/c14-20(17,18)13-7-10(15)5-6-12(13)19-8-9-3-1-2-4-11(9)16/h1-7H,8H2. The average Bonchev–Trinajstić information content (AvgIpc) is 2.38. The lowest BCUT2D eigenvalue weighted by atomic mass is 10.2. The van der Waals surface area contributed by atoms with E-state index in [0.717, 1.165) is 18.2 Å². The van der Waals surface area contributed by atoms with Gasteiger partial charge in [-0.2, -0.15) is 0 Å². The smallest absolute Gasteiger partial charge is 0.265 e. The minimum Gasteiger partial charge on any atom is -0.487 e. The number of hydrogen-bond donors (Lipinski definition) is 0. The summed E-state index contributed by atoms with van der Waals surface area (Å²) in [5, 5.41) is 0. The molecule has 0 spiro atoms. The second-order valence-electron chi connectivity index (χ2n) is 3.91. The molecule has 7 heteroatoms. The molecule has 0 saturated heterocycles. The van der Waals surface area contributed by atoms with Crippen molar-refractivity contribution in [1.29, 1.82) is 0 Å². The number of rotatable bonds is 4. The molecule has 0 N–H and O–H groups in total. The molecular formula is C13H9ClF2O3S. The molecule has 106 valence electrons. The van der Waals surface area contributed by atoms with Crippen LogP contribution in [0.4, 0.5) is 8.78 Å². The Hall–Kier alpha value is -1.66. The van der Waals surface area contributed by atoms with E-state index in [1.807, 2.05) is 0 Å². The summed E-state index contributed by atoms with van der Waals surface area (Å²) in [6, 6.07) is 8.79. The fourth-order valence-electron chi connectivity index (χ4n) is 1.56. The van der Waals surface area contributed by atoms with Crippen LogP contribution in [0.3, 0.4) is 0 Å². The van der Waals surface area contributed by atoms with Gasteiger partial charge in [-0.15, -0.1) is 0 Å². The Morgan fingerprint density at radius 2 is 1.80 bits per heavy atom. The lowest BCUT2D eigenvalue weighted by molar-refractivity contribution is 0.291. The number of halogens is 3. The molecule has 0 aliphatic rings. The third-order valence-corrected chi connectivity index (χ3v) is 3.85. The first kappa shape index (κ1) is 14.7. The molecule has 0 aliphatic carbocycles. The first-order chi connectivity index (χ1) is 9.38. The number of ether oxygens (including phenoxy) is 1. The SMILES string of the molecule is O=S(=O)(Cl)c1cc(F)ccc1OCc1ccccc1F. The van der Waals surface area contributed by atoms with Crippen LogP contribution >= 0.6 is 10.7 Å². The number of hydrogen-bond acceptors (Lipinski definition) is 3. The predicted octanol–water partition coefficient (Wildman–Crippen LogP) is 3.47. The van der Waals surface area contributed by atoms with E-state index in [2.05, 4.69) is 0 Å². The van der Waals surface area contributed by atoms with Crippen LogP contribution in [0, 0.1) is 11.6 Å². The molecule has 0 unspecified atom stereocenters. The van der Waals surface area contributed by atoms with Crippen LogP contribution in [0.25, 0.3) is 0 Å². The van der Waals surface area contributed by atoms with E-state index in [9.17, 15) is 17.2 Å². The molecule has 20 heavy (non-hydrogen) atoms.